The number of nitrogens with one attached hydrogen (secondary N) is 1. The molecule has 0 aliphatic carbocycles. The second kappa shape index (κ2) is 5.92. The number of carboxylic acids is 1. The third-order valence-corrected chi connectivity index (χ3v) is 3.40. The summed E-state index contributed by atoms with van der Waals surface area (Å²) >= 11 is 1.32. The lowest BCUT2D eigenvalue weighted by Gasteiger charge is -2.33. The molecule has 1 rings (SSSR count). The lowest BCUT2D eigenvalue weighted by atomic mass is 10.0. The first kappa shape index (κ1) is 14.6. The summed E-state index contributed by atoms with van der Waals surface area (Å²) in [5, 5.41) is 14.0. The van der Waals surface area contributed by atoms with Crippen LogP contribution in [0.3, 0.4) is 0 Å². The molecule has 100 valence electrons. The molecule has 1 amide bonds. The van der Waals surface area contributed by atoms with Gasteiger partial charge in [0.15, 0.2) is 5.13 Å². The van der Waals surface area contributed by atoms with Crippen LogP contribution in [0, 0.1) is 0 Å². The van der Waals surface area contributed by atoms with Crippen molar-refractivity contribution in [2.45, 2.75) is 26.3 Å². The molecule has 0 aromatic carbocycles. The molecular weight excluding hydrogens is 254 g/mol. The lowest BCUT2D eigenvalue weighted by molar-refractivity contribution is -0.149. The maximum Gasteiger partial charge on any atom is 0.323 e. The molecular formula is C11H17N3O3S. The Bertz CT molecular complexity index is 417. The minimum absolute atomic E-state index is 0.0232. The number of rotatable bonds is 6. The van der Waals surface area contributed by atoms with E-state index in [1.54, 1.807) is 30.3 Å². The van der Waals surface area contributed by atoms with Gasteiger partial charge in [-0.2, -0.15) is 0 Å². The Kier molecular flexibility index (Phi) is 4.80. The fraction of sp³-hybridized carbons (Fsp3) is 0.545. The van der Waals surface area contributed by atoms with Gasteiger partial charge in [-0.1, -0.05) is 6.92 Å². The Balaban J connectivity index is 2.63. The van der Waals surface area contributed by atoms with Gasteiger partial charge in [0.1, 0.15) is 5.54 Å². The van der Waals surface area contributed by atoms with Crippen molar-refractivity contribution in [3.8, 4) is 0 Å². The Morgan fingerprint density at radius 1 is 1.56 bits per heavy atom. The van der Waals surface area contributed by atoms with E-state index in [0.29, 0.717) is 11.7 Å². The van der Waals surface area contributed by atoms with Gasteiger partial charge in [-0.15, -0.1) is 11.3 Å². The Morgan fingerprint density at radius 3 is 2.67 bits per heavy atom. The van der Waals surface area contributed by atoms with E-state index in [2.05, 4.69) is 10.3 Å². The van der Waals surface area contributed by atoms with Crippen LogP contribution < -0.4 is 5.32 Å². The number of hydrogen-bond acceptors (Lipinski definition) is 5. The summed E-state index contributed by atoms with van der Waals surface area (Å²) in [6.07, 6.45) is 1.60. The van der Waals surface area contributed by atoms with Crippen molar-refractivity contribution >= 4 is 28.3 Å². The molecule has 0 saturated heterocycles. The highest BCUT2D eigenvalue weighted by molar-refractivity contribution is 7.13. The maximum atomic E-state index is 11.8. The first-order valence-corrected chi connectivity index (χ1v) is 6.43. The minimum atomic E-state index is -1.07. The highest BCUT2D eigenvalue weighted by Gasteiger charge is 2.34. The van der Waals surface area contributed by atoms with Gasteiger partial charge in [-0.05, 0) is 20.4 Å². The first-order chi connectivity index (χ1) is 8.37. The molecule has 0 spiro atoms. The second-order valence-corrected chi connectivity index (χ2v) is 5.16. The van der Waals surface area contributed by atoms with E-state index in [1.165, 1.54) is 11.3 Å². The van der Waals surface area contributed by atoms with E-state index in [4.69, 9.17) is 5.11 Å². The van der Waals surface area contributed by atoms with Gasteiger partial charge in [-0.25, -0.2) is 4.98 Å². The van der Waals surface area contributed by atoms with Crippen molar-refractivity contribution < 1.29 is 14.7 Å². The van der Waals surface area contributed by atoms with Crippen molar-refractivity contribution in [1.82, 2.24) is 9.88 Å². The molecule has 1 aromatic heterocycles. The van der Waals surface area contributed by atoms with Crippen LogP contribution in [0.4, 0.5) is 5.13 Å². The number of carbonyl (C=O) groups excluding carboxylic acids is 1. The predicted molar refractivity (Wildman–Crippen MR) is 69.7 cm³/mol. The van der Waals surface area contributed by atoms with Crippen LogP contribution >= 0.6 is 11.3 Å². The maximum absolute atomic E-state index is 11.8. The van der Waals surface area contributed by atoms with Crippen LogP contribution in [0.15, 0.2) is 11.6 Å². The number of aliphatic carboxylic acids is 1. The summed E-state index contributed by atoms with van der Waals surface area (Å²) in [5.74, 6) is -1.22. The van der Waals surface area contributed by atoms with Crippen molar-refractivity contribution in [1.29, 1.82) is 0 Å². The number of carboxylic acid groups (broad SMARTS) is 1. The van der Waals surface area contributed by atoms with Crippen LogP contribution in [0.2, 0.25) is 0 Å². The lowest BCUT2D eigenvalue weighted by Crippen LogP contribution is -2.52. The van der Waals surface area contributed by atoms with E-state index in [1.807, 2.05) is 6.92 Å². The van der Waals surface area contributed by atoms with E-state index >= 15 is 0 Å². The molecule has 18 heavy (non-hydrogen) atoms. The Hall–Kier alpha value is -1.47. The highest BCUT2D eigenvalue weighted by Crippen LogP contribution is 2.15. The van der Waals surface area contributed by atoms with E-state index in [-0.39, 0.29) is 12.5 Å². The molecule has 1 aromatic rings. The number of carbonyl (C=O) groups is 2. The normalized spacial score (nSPS) is 11.6. The molecule has 1 heterocycles. The van der Waals surface area contributed by atoms with Gasteiger partial charge < -0.3 is 10.4 Å². The standard InChI is InChI=1S/C11H17N3O3S/c1-4-14(11(2,3)9(16)17)7-8(15)13-10-12-5-6-18-10/h5-6H,4,7H2,1-3H3,(H,16,17)(H,12,13,15). The molecule has 7 heteroatoms. The van der Waals surface area contributed by atoms with Gasteiger partial charge in [-0.3, -0.25) is 14.5 Å². The van der Waals surface area contributed by atoms with Gasteiger partial charge in [0.25, 0.3) is 0 Å². The van der Waals surface area contributed by atoms with Crippen LogP contribution in [-0.4, -0.2) is 45.5 Å². The number of anilines is 1. The molecule has 0 radical (unpaired) electrons. The van der Waals surface area contributed by atoms with Crippen molar-refractivity contribution in [3.05, 3.63) is 11.6 Å². The summed E-state index contributed by atoms with van der Waals surface area (Å²) in [6, 6.07) is 0. The summed E-state index contributed by atoms with van der Waals surface area (Å²) in [4.78, 5) is 28.4. The van der Waals surface area contributed by atoms with Crippen LogP contribution in [-0.2, 0) is 9.59 Å². The Labute approximate surface area is 110 Å². The molecule has 0 saturated carbocycles. The molecule has 0 atom stereocenters. The number of likely N-dealkylation sites (N-methyl/N-ethyl adjacent to an activating group) is 1. The quantitative estimate of drug-likeness (QED) is 0.814. The zero-order valence-corrected chi connectivity index (χ0v) is 11.5. The largest absolute Gasteiger partial charge is 0.480 e. The zero-order valence-electron chi connectivity index (χ0n) is 10.6. The number of nitrogens with zero attached hydrogens (tertiary/aromatic N) is 2. The van der Waals surface area contributed by atoms with Gasteiger partial charge in [0.05, 0.1) is 6.54 Å². The van der Waals surface area contributed by atoms with E-state index in [9.17, 15) is 9.59 Å². The van der Waals surface area contributed by atoms with Crippen molar-refractivity contribution in [2.75, 3.05) is 18.4 Å². The Morgan fingerprint density at radius 2 is 2.22 bits per heavy atom. The average Bonchev–Trinajstić information content (AvgIpc) is 2.78. The van der Waals surface area contributed by atoms with Crippen LogP contribution in [0.25, 0.3) is 0 Å². The molecule has 0 bridgehead atoms. The smallest absolute Gasteiger partial charge is 0.323 e. The van der Waals surface area contributed by atoms with E-state index < -0.39 is 11.5 Å². The molecule has 0 aliphatic heterocycles. The van der Waals surface area contributed by atoms with Gasteiger partial charge in [0, 0.05) is 11.6 Å². The first-order valence-electron chi connectivity index (χ1n) is 5.55. The topological polar surface area (TPSA) is 82.5 Å². The summed E-state index contributed by atoms with van der Waals surface area (Å²) in [5.41, 5.74) is -1.07. The molecule has 0 unspecified atom stereocenters. The van der Waals surface area contributed by atoms with Crippen molar-refractivity contribution in [3.63, 3.8) is 0 Å². The van der Waals surface area contributed by atoms with Crippen LogP contribution in [0.1, 0.15) is 20.8 Å². The zero-order chi connectivity index (χ0) is 13.8. The molecule has 6 nitrogen and oxygen atoms in total. The fourth-order valence-electron chi connectivity index (χ4n) is 1.46. The third kappa shape index (κ3) is 3.51. The predicted octanol–water partition coefficient (Wildman–Crippen LogP) is 1.27. The van der Waals surface area contributed by atoms with Crippen molar-refractivity contribution in [2.24, 2.45) is 0 Å². The van der Waals surface area contributed by atoms with Gasteiger partial charge >= 0.3 is 5.97 Å². The third-order valence-electron chi connectivity index (χ3n) is 2.71. The summed E-state index contributed by atoms with van der Waals surface area (Å²) in [7, 11) is 0. The highest BCUT2D eigenvalue weighted by atomic mass is 32.1. The van der Waals surface area contributed by atoms with Crippen LogP contribution in [0.5, 0.6) is 0 Å². The van der Waals surface area contributed by atoms with Gasteiger partial charge in [0.2, 0.25) is 5.91 Å². The number of hydrogen-bond donors (Lipinski definition) is 2. The van der Waals surface area contributed by atoms with E-state index in [0.717, 1.165) is 0 Å². The molecule has 0 fully saturated rings. The fourth-order valence-corrected chi connectivity index (χ4v) is 2.00. The molecule has 0 aliphatic rings. The SMILES string of the molecule is CCN(CC(=O)Nc1nccs1)C(C)(C)C(=O)O. The number of thiazole rings is 1. The monoisotopic (exact) mass is 271 g/mol. The summed E-state index contributed by atoms with van der Waals surface area (Å²) in [6.45, 7) is 5.48. The summed E-state index contributed by atoms with van der Waals surface area (Å²) < 4.78 is 0. The number of amides is 1. The second-order valence-electron chi connectivity index (χ2n) is 4.26. The minimum Gasteiger partial charge on any atom is -0.480 e. The average molecular weight is 271 g/mol. The number of aromatic nitrogens is 1. The molecule has 2 N–H and O–H groups in total.